The lowest BCUT2D eigenvalue weighted by Crippen LogP contribution is -2.38. The molecule has 1 saturated heterocycles. The van der Waals surface area contributed by atoms with Gasteiger partial charge in [-0.05, 0) is 56.3 Å². The fourth-order valence-corrected chi connectivity index (χ4v) is 3.63. The summed E-state index contributed by atoms with van der Waals surface area (Å²) in [7, 11) is 0. The molecule has 1 aliphatic rings. The Morgan fingerprint density at radius 2 is 1.71 bits per heavy atom. The number of hydrogen-bond acceptors (Lipinski definition) is 4. The predicted molar refractivity (Wildman–Crippen MR) is 114 cm³/mol. The molecule has 31 heavy (non-hydrogen) atoms. The van der Waals surface area contributed by atoms with Gasteiger partial charge in [0.2, 0.25) is 11.8 Å². The van der Waals surface area contributed by atoms with Crippen LogP contribution >= 0.6 is 0 Å². The first-order valence-electron chi connectivity index (χ1n) is 10.2. The molecule has 7 heteroatoms. The van der Waals surface area contributed by atoms with Gasteiger partial charge in [-0.3, -0.25) is 9.69 Å². The fourth-order valence-electron chi connectivity index (χ4n) is 3.63. The first-order chi connectivity index (χ1) is 15.1. The monoisotopic (exact) mass is 423 g/mol. The van der Waals surface area contributed by atoms with Gasteiger partial charge in [-0.15, -0.1) is 0 Å². The quantitative estimate of drug-likeness (QED) is 0.606. The van der Waals surface area contributed by atoms with Crippen molar-refractivity contribution in [3.63, 3.8) is 0 Å². The van der Waals surface area contributed by atoms with Gasteiger partial charge in [0.05, 0.1) is 11.9 Å². The van der Waals surface area contributed by atoms with Gasteiger partial charge in [-0.2, -0.15) is 0 Å². The molecule has 0 unspecified atom stereocenters. The van der Waals surface area contributed by atoms with Crippen LogP contribution < -0.4 is 10.1 Å². The molecular weight excluding hydrogens is 400 g/mol. The van der Waals surface area contributed by atoms with Crippen LogP contribution in [0.3, 0.4) is 0 Å². The average molecular weight is 423 g/mol. The van der Waals surface area contributed by atoms with Gasteiger partial charge in [0, 0.05) is 24.1 Å². The van der Waals surface area contributed by atoms with Gasteiger partial charge in [0.25, 0.3) is 0 Å². The Balaban J connectivity index is 1.27. The fraction of sp³-hybridized carbons (Fsp3) is 0.250. The molecular formula is C24H23F2N3O2. The number of rotatable bonds is 6. The molecule has 2 aromatic carbocycles. The van der Waals surface area contributed by atoms with Crippen molar-refractivity contribution in [2.24, 2.45) is 5.92 Å². The number of ether oxygens (including phenoxy) is 1. The molecule has 0 bridgehead atoms. The maximum atomic E-state index is 13.9. The largest absolute Gasteiger partial charge is 0.439 e. The first-order valence-corrected chi connectivity index (χ1v) is 10.2. The van der Waals surface area contributed by atoms with Gasteiger partial charge in [-0.25, -0.2) is 13.8 Å². The number of likely N-dealkylation sites (tertiary alicyclic amines) is 1. The summed E-state index contributed by atoms with van der Waals surface area (Å²) < 4.78 is 33.4. The number of para-hydroxylation sites is 1. The number of carbonyl (C=O) groups excluding carboxylic acids is 1. The van der Waals surface area contributed by atoms with E-state index in [9.17, 15) is 13.6 Å². The second kappa shape index (κ2) is 9.66. The van der Waals surface area contributed by atoms with Crippen LogP contribution in [0.1, 0.15) is 18.4 Å². The number of piperidine rings is 1. The van der Waals surface area contributed by atoms with Gasteiger partial charge in [0.1, 0.15) is 17.4 Å². The number of aromatic nitrogens is 1. The number of pyridine rings is 1. The van der Waals surface area contributed by atoms with Crippen LogP contribution in [0.15, 0.2) is 66.9 Å². The highest BCUT2D eigenvalue weighted by atomic mass is 19.1. The molecule has 0 radical (unpaired) electrons. The Morgan fingerprint density at radius 3 is 2.35 bits per heavy atom. The van der Waals surface area contributed by atoms with Crippen LogP contribution in [0.2, 0.25) is 0 Å². The van der Waals surface area contributed by atoms with Crippen LogP contribution in [0.4, 0.5) is 14.5 Å². The number of carbonyl (C=O) groups is 1. The van der Waals surface area contributed by atoms with Crippen molar-refractivity contribution < 1.29 is 18.3 Å². The smallest absolute Gasteiger partial charge is 0.227 e. The van der Waals surface area contributed by atoms with Crippen molar-refractivity contribution in [3.05, 3.63) is 84.1 Å². The van der Waals surface area contributed by atoms with Crippen LogP contribution in [0.5, 0.6) is 11.6 Å². The van der Waals surface area contributed by atoms with E-state index in [1.165, 1.54) is 18.2 Å². The van der Waals surface area contributed by atoms with Crippen molar-refractivity contribution >= 4 is 11.6 Å². The molecule has 5 nitrogen and oxygen atoms in total. The molecule has 1 amide bonds. The third-order valence-electron chi connectivity index (χ3n) is 5.37. The summed E-state index contributed by atoms with van der Waals surface area (Å²) in [5.74, 6) is -0.164. The molecule has 1 N–H and O–H groups in total. The van der Waals surface area contributed by atoms with Gasteiger partial charge in [-0.1, -0.05) is 24.3 Å². The van der Waals surface area contributed by atoms with E-state index in [0.29, 0.717) is 43.2 Å². The summed E-state index contributed by atoms with van der Waals surface area (Å²) in [6, 6.07) is 16.7. The summed E-state index contributed by atoms with van der Waals surface area (Å²) in [6.07, 6.45) is 2.82. The number of benzene rings is 2. The van der Waals surface area contributed by atoms with E-state index in [1.807, 2.05) is 35.2 Å². The highest BCUT2D eigenvalue weighted by molar-refractivity contribution is 5.92. The molecule has 3 aromatic rings. The van der Waals surface area contributed by atoms with Crippen LogP contribution in [-0.2, 0) is 11.3 Å². The van der Waals surface area contributed by atoms with Gasteiger partial charge in [0.15, 0.2) is 0 Å². The summed E-state index contributed by atoms with van der Waals surface area (Å²) in [6.45, 7) is 1.42. The Kier molecular flexibility index (Phi) is 6.52. The van der Waals surface area contributed by atoms with E-state index in [4.69, 9.17) is 4.74 Å². The minimum atomic E-state index is -0.535. The highest BCUT2D eigenvalue weighted by Gasteiger charge is 2.26. The van der Waals surface area contributed by atoms with Crippen LogP contribution in [0, 0.1) is 17.6 Å². The third-order valence-corrected chi connectivity index (χ3v) is 5.37. The van der Waals surface area contributed by atoms with Crippen LogP contribution in [-0.4, -0.2) is 28.9 Å². The van der Waals surface area contributed by atoms with Crippen molar-refractivity contribution in [1.82, 2.24) is 9.88 Å². The summed E-state index contributed by atoms with van der Waals surface area (Å²) in [4.78, 5) is 18.8. The number of nitrogens with one attached hydrogen (secondary N) is 1. The van der Waals surface area contributed by atoms with Gasteiger partial charge < -0.3 is 10.1 Å². The molecule has 0 atom stereocenters. The Hall–Kier alpha value is -3.32. The van der Waals surface area contributed by atoms with Crippen molar-refractivity contribution in [2.75, 3.05) is 18.4 Å². The molecule has 1 aliphatic heterocycles. The molecule has 0 aliphatic carbocycles. The highest BCUT2D eigenvalue weighted by Crippen LogP contribution is 2.24. The van der Waals surface area contributed by atoms with E-state index in [0.717, 1.165) is 0 Å². The Morgan fingerprint density at radius 1 is 1.00 bits per heavy atom. The minimum Gasteiger partial charge on any atom is -0.439 e. The maximum Gasteiger partial charge on any atom is 0.227 e. The molecule has 1 fully saturated rings. The second-order valence-corrected chi connectivity index (χ2v) is 7.54. The van der Waals surface area contributed by atoms with E-state index in [2.05, 4.69) is 10.3 Å². The number of halogens is 2. The van der Waals surface area contributed by atoms with E-state index in [-0.39, 0.29) is 23.9 Å². The third kappa shape index (κ3) is 5.44. The molecule has 0 spiro atoms. The van der Waals surface area contributed by atoms with Crippen molar-refractivity contribution in [2.45, 2.75) is 19.4 Å². The number of anilines is 1. The van der Waals surface area contributed by atoms with Crippen molar-refractivity contribution in [3.8, 4) is 11.6 Å². The zero-order valence-corrected chi connectivity index (χ0v) is 16.9. The van der Waals surface area contributed by atoms with E-state index >= 15 is 0 Å². The number of amides is 1. The van der Waals surface area contributed by atoms with E-state index in [1.54, 1.807) is 18.3 Å². The lowest BCUT2D eigenvalue weighted by molar-refractivity contribution is -0.121. The zero-order valence-electron chi connectivity index (χ0n) is 16.9. The molecule has 2 heterocycles. The van der Waals surface area contributed by atoms with Gasteiger partial charge >= 0.3 is 0 Å². The standard InChI is InChI=1S/C24H23F2N3O2/c25-21-7-4-8-22(26)20(21)16-29-13-11-17(12-14-29)24(30)28-18-9-10-23(27-15-18)31-19-5-2-1-3-6-19/h1-10,15,17H,11-14,16H2,(H,28,30). The van der Waals surface area contributed by atoms with Crippen LogP contribution in [0.25, 0.3) is 0 Å². The average Bonchev–Trinajstić information content (AvgIpc) is 2.79. The predicted octanol–water partition coefficient (Wildman–Crippen LogP) is 5.00. The second-order valence-electron chi connectivity index (χ2n) is 7.54. The van der Waals surface area contributed by atoms with Crippen molar-refractivity contribution in [1.29, 1.82) is 0 Å². The Labute approximate surface area is 179 Å². The SMILES string of the molecule is O=C(Nc1ccc(Oc2ccccc2)nc1)C1CCN(Cc2c(F)cccc2F)CC1. The van der Waals surface area contributed by atoms with E-state index < -0.39 is 11.6 Å². The summed E-state index contributed by atoms with van der Waals surface area (Å²) >= 11 is 0. The number of hydrogen-bond donors (Lipinski definition) is 1. The molecule has 1 aromatic heterocycles. The molecule has 4 rings (SSSR count). The maximum absolute atomic E-state index is 13.9. The molecule has 0 saturated carbocycles. The lowest BCUT2D eigenvalue weighted by Gasteiger charge is -2.31. The summed E-state index contributed by atoms with van der Waals surface area (Å²) in [5, 5.41) is 2.89. The first kappa shape index (κ1) is 20.9. The lowest BCUT2D eigenvalue weighted by atomic mass is 9.95. The molecule has 160 valence electrons. The topological polar surface area (TPSA) is 54.5 Å². The Bertz CT molecular complexity index is 1000. The summed E-state index contributed by atoms with van der Waals surface area (Å²) in [5.41, 5.74) is 0.676. The number of nitrogens with zero attached hydrogens (tertiary/aromatic N) is 2. The zero-order chi connectivity index (χ0) is 21.6. The normalized spacial score (nSPS) is 14.9. The minimum absolute atomic E-state index is 0.0738.